The Morgan fingerprint density at radius 3 is 2.63 bits per heavy atom. The lowest BCUT2D eigenvalue weighted by Crippen LogP contribution is -2.18. The van der Waals surface area contributed by atoms with Crippen molar-refractivity contribution in [2.24, 2.45) is 7.05 Å². The summed E-state index contributed by atoms with van der Waals surface area (Å²) in [5, 5.41) is 7.26. The molecular weight excluding hydrogens is 374 g/mol. The number of carbonyl (C=O) groups is 1. The zero-order valence-electron chi connectivity index (χ0n) is 18.5. The molecule has 2 aromatic rings. The summed E-state index contributed by atoms with van der Waals surface area (Å²) < 4.78 is 6.93. The minimum atomic E-state index is -0.485. The van der Waals surface area contributed by atoms with Crippen molar-refractivity contribution in [1.29, 1.82) is 0 Å². The first-order chi connectivity index (χ1) is 14.3. The van der Waals surface area contributed by atoms with Gasteiger partial charge in [-0.1, -0.05) is 54.3 Å². The summed E-state index contributed by atoms with van der Waals surface area (Å²) in [6, 6.07) is 7.71. The van der Waals surface area contributed by atoms with Crippen molar-refractivity contribution in [1.82, 2.24) is 9.78 Å². The van der Waals surface area contributed by atoms with Gasteiger partial charge in [-0.2, -0.15) is 5.10 Å². The van der Waals surface area contributed by atoms with Gasteiger partial charge in [-0.25, -0.2) is 0 Å². The van der Waals surface area contributed by atoms with Gasteiger partial charge in [0.15, 0.2) is 0 Å². The molecule has 0 radical (unpaired) electrons. The van der Waals surface area contributed by atoms with E-state index < -0.39 is 5.60 Å². The van der Waals surface area contributed by atoms with Crippen molar-refractivity contribution in [3.05, 3.63) is 77.7 Å². The third kappa shape index (κ3) is 6.33. The molecule has 1 amide bonds. The highest BCUT2D eigenvalue weighted by Gasteiger charge is 2.15. The average Bonchev–Trinajstić information content (AvgIpc) is 3.05. The first-order valence-electron chi connectivity index (χ1n) is 9.75. The van der Waals surface area contributed by atoms with Crippen LogP contribution in [0.3, 0.4) is 0 Å². The number of anilines is 1. The SMILES string of the molecule is C\C=C/C(=C\C=C\C#CC(C)(C)OC)c1ccccc1NC(=O)c1cn(C)nc1C. The molecule has 0 bridgehead atoms. The van der Waals surface area contributed by atoms with E-state index in [4.69, 9.17) is 4.74 Å². The van der Waals surface area contributed by atoms with Crippen LogP contribution in [-0.4, -0.2) is 28.4 Å². The van der Waals surface area contributed by atoms with Gasteiger partial charge in [0.1, 0.15) is 5.60 Å². The summed E-state index contributed by atoms with van der Waals surface area (Å²) >= 11 is 0. The molecule has 1 aromatic carbocycles. The lowest BCUT2D eigenvalue weighted by atomic mass is 10.0. The molecule has 0 aliphatic carbocycles. The Balaban J connectivity index is 2.31. The van der Waals surface area contributed by atoms with Gasteiger partial charge in [0, 0.05) is 31.6 Å². The first kappa shape index (κ1) is 22.9. The number of rotatable bonds is 6. The maximum absolute atomic E-state index is 12.8. The van der Waals surface area contributed by atoms with Crippen LogP contribution in [0, 0.1) is 18.8 Å². The van der Waals surface area contributed by atoms with Crippen LogP contribution in [-0.2, 0) is 11.8 Å². The fraction of sp³-hybridized carbons (Fsp3) is 0.280. The van der Waals surface area contributed by atoms with E-state index >= 15 is 0 Å². The highest BCUT2D eigenvalue weighted by molar-refractivity contribution is 6.06. The van der Waals surface area contributed by atoms with Crippen LogP contribution < -0.4 is 5.32 Å². The summed E-state index contributed by atoms with van der Waals surface area (Å²) in [6.07, 6.45) is 11.3. The van der Waals surface area contributed by atoms with E-state index in [9.17, 15) is 4.79 Å². The Bertz CT molecular complexity index is 1040. The topological polar surface area (TPSA) is 56.1 Å². The molecule has 0 spiro atoms. The highest BCUT2D eigenvalue weighted by atomic mass is 16.5. The summed E-state index contributed by atoms with van der Waals surface area (Å²) in [5.74, 6) is 5.86. The number of allylic oxidation sites excluding steroid dienone is 6. The molecule has 0 atom stereocenters. The van der Waals surface area contributed by atoms with Gasteiger partial charge in [-0.05, 0) is 45.4 Å². The monoisotopic (exact) mass is 403 g/mol. The van der Waals surface area contributed by atoms with Gasteiger partial charge in [0.25, 0.3) is 5.91 Å². The minimum Gasteiger partial charge on any atom is -0.366 e. The van der Waals surface area contributed by atoms with Crippen LogP contribution in [0.4, 0.5) is 5.69 Å². The smallest absolute Gasteiger partial charge is 0.259 e. The average molecular weight is 404 g/mol. The van der Waals surface area contributed by atoms with Crippen LogP contribution in [0.15, 0.2) is 60.8 Å². The Labute approximate surface area is 179 Å². The van der Waals surface area contributed by atoms with E-state index in [0.29, 0.717) is 11.3 Å². The van der Waals surface area contributed by atoms with E-state index in [0.717, 1.165) is 16.8 Å². The van der Waals surface area contributed by atoms with Crippen molar-refractivity contribution < 1.29 is 9.53 Å². The fourth-order valence-electron chi connectivity index (χ4n) is 2.74. The molecule has 0 aliphatic rings. The number of nitrogens with zero attached hydrogens (tertiary/aromatic N) is 2. The molecule has 5 heteroatoms. The van der Waals surface area contributed by atoms with Crippen molar-refractivity contribution in [2.75, 3.05) is 12.4 Å². The normalized spacial score (nSPS) is 12.3. The molecular formula is C25H29N3O2. The largest absolute Gasteiger partial charge is 0.366 e. The third-order valence-electron chi connectivity index (χ3n) is 4.43. The number of para-hydroxylation sites is 1. The van der Waals surface area contributed by atoms with Gasteiger partial charge in [0.2, 0.25) is 0 Å². The minimum absolute atomic E-state index is 0.184. The van der Waals surface area contributed by atoms with Gasteiger partial charge >= 0.3 is 0 Å². The number of benzene rings is 1. The summed E-state index contributed by atoms with van der Waals surface area (Å²) in [4.78, 5) is 12.8. The van der Waals surface area contributed by atoms with Crippen molar-refractivity contribution in [2.45, 2.75) is 33.3 Å². The Kier molecular flexibility index (Phi) is 7.97. The van der Waals surface area contributed by atoms with E-state index in [2.05, 4.69) is 22.3 Å². The summed E-state index contributed by atoms with van der Waals surface area (Å²) in [5.41, 5.74) is 3.37. The first-order valence-corrected chi connectivity index (χ1v) is 9.75. The van der Waals surface area contributed by atoms with Crippen LogP contribution >= 0.6 is 0 Å². The molecule has 156 valence electrons. The number of methoxy groups -OCH3 is 1. The molecule has 1 N–H and O–H groups in total. The van der Waals surface area contributed by atoms with Gasteiger partial charge in [0.05, 0.1) is 11.3 Å². The molecule has 0 fully saturated rings. The lowest BCUT2D eigenvalue weighted by Gasteiger charge is -2.13. The number of hydrogen-bond donors (Lipinski definition) is 1. The number of aryl methyl sites for hydroxylation is 2. The van der Waals surface area contributed by atoms with Crippen LogP contribution in [0.25, 0.3) is 5.57 Å². The molecule has 1 heterocycles. The summed E-state index contributed by atoms with van der Waals surface area (Å²) in [7, 11) is 3.44. The molecule has 0 aliphatic heterocycles. The molecule has 0 saturated carbocycles. The second-order valence-electron chi connectivity index (χ2n) is 7.27. The molecule has 0 saturated heterocycles. The molecule has 30 heavy (non-hydrogen) atoms. The van der Waals surface area contributed by atoms with E-state index in [1.807, 2.05) is 76.3 Å². The predicted octanol–water partition coefficient (Wildman–Crippen LogP) is 4.92. The van der Waals surface area contributed by atoms with Crippen molar-refractivity contribution in [3.8, 4) is 11.8 Å². The highest BCUT2D eigenvalue weighted by Crippen LogP contribution is 2.26. The van der Waals surface area contributed by atoms with Crippen LogP contribution in [0.2, 0.25) is 0 Å². The quantitative estimate of drug-likeness (QED) is 0.550. The zero-order chi connectivity index (χ0) is 22.1. The maximum atomic E-state index is 12.8. The van der Waals surface area contributed by atoms with E-state index in [-0.39, 0.29) is 5.91 Å². The Morgan fingerprint density at radius 2 is 2.00 bits per heavy atom. The molecule has 0 unspecified atom stereocenters. The van der Waals surface area contributed by atoms with Crippen molar-refractivity contribution in [3.63, 3.8) is 0 Å². The number of carbonyl (C=O) groups excluding carboxylic acids is 1. The predicted molar refractivity (Wildman–Crippen MR) is 123 cm³/mol. The van der Waals surface area contributed by atoms with Gasteiger partial charge < -0.3 is 10.1 Å². The Morgan fingerprint density at radius 1 is 1.27 bits per heavy atom. The Hall–Kier alpha value is -3.36. The van der Waals surface area contributed by atoms with Crippen molar-refractivity contribution >= 4 is 17.2 Å². The summed E-state index contributed by atoms with van der Waals surface area (Å²) in [6.45, 7) is 7.61. The van der Waals surface area contributed by atoms with E-state index in [1.54, 1.807) is 31.1 Å². The van der Waals surface area contributed by atoms with E-state index in [1.165, 1.54) is 0 Å². The van der Waals surface area contributed by atoms with Crippen LogP contribution in [0.1, 0.15) is 42.4 Å². The lowest BCUT2D eigenvalue weighted by molar-refractivity contribution is 0.0742. The number of aromatic nitrogens is 2. The number of amides is 1. The zero-order valence-corrected chi connectivity index (χ0v) is 18.5. The number of nitrogens with one attached hydrogen (secondary N) is 1. The van der Waals surface area contributed by atoms with Crippen LogP contribution in [0.5, 0.6) is 0 Å². The number of hydrogen-bond acceptors (Lipinski definition) is 3. The van der Waals surface area contributed by atoms with Gasteiger partial charge in [-0.3, -0.25) is 9.48 Å². The second-order valence-corrected chi connectivity index (χ2v) is 7.27. The fourth-order valence-corrected chi connectivity index (χ4v) is 2.74. The van der Waals surface area contributed by atoms with Gasteiger partial charge in [-0.15, -0.1) is 0 Å². The second kappa shape index (κ2) is 10.4. The molecule has 1 aromatic heterocycles. The maximum Gasteiger partial charge on any atom is 0.259 e. The molecule has 5 nitrogen and oxygen atoms in total. The number of ether oxygens (including phenoxy) is 1. The molecule has 2 rings (SSSR count). The third-order valence-corrected chi connectivity index (χ3v) is 4.43. The standard InChI is InChI=1S/C25H29N3O2/c1-7-13-20(14-9-8-12-17-25(3,4)30-6)21-15-10-11-16-23(21)26-24(29)22-18-28(5)27-19(22)2/h7-11,13-16,18H,1-6H3,(H,26,29)/b9-8+,13-7-,20-14+.